The molecule has 0 bridgehead atoms. The predicted octanol–water partition coefficient (Wildman–Crippen LogP) is 3.67. The molecule has 6 nitrogen and oxygen atoms in total. The third-order valence-corrected chi connectivity index (χ3v) is 5.47. The molecule has 1 aliphatic rings. The van der Waals surface area contributed by atoms with Crippen molar-refractivity contribution in [3.05, 3.63) is 53.3 Å². The number of aromatic nitrogens is 2. The van der Waals surface area contributed by atoms with Crippen molar-refractivity contribution in [3.63, 3.8) is 0 Å². The van der Waals surface area contributed by atoms with Crippen LogP contribution in [-0.2, 0) is 26.7 Å². The van der Waals surface area contributed by atoms with Crippen LogP contribution in [-0.4, -0.2) is 39.8 Å². The van der Waals surface area contributed by atoms with E-state index in [1.165, 1.54) is 36.9 Å². The van der Waals surface area contributed by atoms with Gasteiger partial charge in [-0.2, -0.15) is 5.10 Å². The van der Waals surface area contributed by atoms with Crippen LogP contribution in [0.2, 0.25) is 0 Å². The molecule has 3 rings (SSSR count). The average molecular weight is 510 g/mol. The van der Waals surface area contributed by atoms with E-state index < -0.39 is 0 Å². The molecule has 0 saturated carbocycles. The topological polar surface area (TPSA) is 57.5 Å². The number of guanidine groups is 1. The lowest BCUT2D eigenvalue weighted by Crippen LogP contribution is -2.37. The van der Waals surface area contributed by atoms with Gasteiger partial charge in [0.05, 0.1) is 18.8 Å². The molecule has 2 heterocycles. The van der Waals surface area contributed by atoms with Crippen molar-refractivity contribution >= 4 is 29.9 Å². The van der Waals surface area contributed by atoms with Gasteiger partial charge in [-0.1, -0.05) is 30.7 Å². The van der Waals surface area contributed by atoms with Crippen molar-refractivity contribution in [3.8, 4) is 0 Å². The van der Waals surface area contributed by atoms with Crippen LogP contribution in [0.3, 0.4) is 0 Å². The second-order valence-corrected chi connectivity index (χ2v) is 7.63. The molecule has 0 amide bonds. The van der Waals surface area contributed by atoms with E-state index in [1.54, 1.807) is 0 Å². The minimum Gasteiger partial charge on any atom is -0.357 e. The summed E-state index contributed by atoms with van der Waals surface area (Å²) < 4.78 is 1.87. The number of piperidine rings is 1. The molecular weight excluding hydrogens is 475 g/mol. The molecule has 0 radical (unpaired) electrons. The number of halogens is 1. The highest BCUT2D eigenvalue weighted by Crippen LogP contribution is 2.19. The lowest BCUT2D eigenvalue weighted by Gasteiger charge is -2.33. The molecule has 1 saturated heterocycles. The van der Waals surface area contributed by atoms with E-state index >= 15 is 0 Å². The first-order chi connectivity index (χ1) is 13.7. The van der Waals surface area contributed by atoms with E-state index in [2.05, 4.69) is 58.7 Å². The van der Waals surface area contributed by atoms with Gasteiger partial charge in [0.2, 0.25) is 0 Å². The van der Waals surface area contributed by atoms with Gasteiger partial charge in [-0.05, 0) is 50.4 Å². The van der Waals surface area contributed by atoms with E-state index in [0.717, 1.165) is 24.7 Å². The maximum absolute atomic E-state index is 4.72. The molecule has 160 valence electrons. The number of hydrogen-bond donors (Lipinski definition) is 2. The third kappa shape index (κ3) is 7.29. The second-order valence-electron chi connectivity index (χ2n) is 7.63. The van der Waals surface area contributed by atoms with Crippen LogP contribution in [0.4, 0.5) is 0 Å². The van der Waals surface area contributed by atoms with Gasteiger partial charge in [0.25, 0.3) is 0 Å². The summed E-state index contributed by atoms with van der Waals surface area (Å²) in [6.07, 6.45) is 5.84. The summed E-state index contributed by atoms with van der Waals surface area (Å²) in [5.74, 6) is 0.829. The molecule has 7 heteroatoms. The Kier molecular flexibility index (Phi) is 9.93. The largest absolute Gasteiger partial charge is 0.357 e. The standard InChI is InChI=1S/C22H34N6.HI/c1-4-23-22(25-16-21-12-13-26-27(21)3)24-15-19-8-10-20(11-9-19)17-28-14-6-5-7-18(28)2;/h8-13,18H,4-7,14-17H2,1-3H3,(H2,23,24,25);1H. The number of hydrogen-bond acceptors (Lipinski definition) is 3. The van der Waals surface area contributed by atoms with Gasteiger partial charge < -0.3 is 10.6 Å². The molecule has 1 atom stereocenters. The Morgan fingerprint density at radius 1 is 1.14 bits per heavy atom. The highest BCUT2D eigenvalue weighted by molar-refractivity contribution is 14.0. The van der Waals surface area contributed by atoms with Crippen LogP contribution in [0.25, 0.3) is 0 Å². The fourth-order valence-corrected chi connectivity index (χ4v) is 3.64. The predicted molar refractivity (Wildman–Crippen MR) is 130 cm³/mol. The summed E-state index contributed by atoms with van der Waals surface area (Å²) >= 11 is 0. The van der Waals surface area contributed by atoms with E-state index in [9.17, 15) is 0 Å². The Labute approximate surface area is 192 Å². The van der Waals surface area contributed by atoms with Gasteiger partial charge in [-0.25, -0.2) is 4.99 Å². The highest BCUT2D eigenvalue weighted by atomic mass is 127. The second kappa shape index (κ2) is 12.2. The van der Waals surface area contributed by atoms with Gasteiger partial charge in [0, 0.05) is 32.4 Å². The number of rotatable bonds is 7. The van der Waals surface area contributed by atoms with E-state index in [1.807, 2.05) is 24.0 Å². The Balaban J connectivity index is 0.00000300. The number of aryl methyl sites for hydroxylation is 1. The lowest BCUT2D eigenvalue weighted by atomic mass is 10.0. The number of likely N-dealkylation sites (tertiary alicyclic amines) is 1. The molecule has 1 fully saturated rings. The van der Waals surface area contributed by atoms with Gasteiger partial charge in [-0.3, -0.25) is 9.58 Å². The van der Waals surface area contributed by atoms with E-state index in [4.69, 9.17) is 4.99 Å². The minimum absolute atomic E-state index is 0. The summed E-state index contributed by atoms with van der Waals surface area (Å²) in [5.41, 5.74) is 3.75. The Bertz CT molecular complexity index is 755. The normalized spacial score (nSPS) is 17.6. The molecule has 2 aromatic rings. The molecular formula is C22H35IN6. The molecule has 1 aromatic carbocycles. The lowest BCUT2D eigenvalue weighted by molar-refractivity contribution is 0.152. The quantitative estimate of drug-likeness (QED) is 0.339. The Morgan fingerprint density at radius 2 is 1.90 bits per heavy atom. The first-order valence-corrected chi connectivity index (χ1v) is 10.5. The SMILES string of the molecule is CCNC(=NCc1ccc(CN2CCCCC2C)cc1)NCc1ccnn1C.I. The monoisotopic (exact) mass is 510 g/mol. The number of benzene rings is 1. The van der Waals surface area contributed by atoms with Gasteiger partial charge in [0.1, 0.15) is 0 Å². The van der Waals surface area contributed by atoms with Crippen molar-refractivity contribution in [2.24, 2.45) is 12.0 Å². The zero-order chi connectivity index (χ0) is 19.8. The van der Waals surface area contributed by atoms with Crippen molar-refractivity contribution in [1.82, 2.24) is 25.3 Å². The summed E-state index contributed by atoms with van der Waals surface area (Å²) in [6, 6.07) is 11.6. The number of nitrogens with zero attached hydrogens (tertiary/aromatic N) is 4. The van der Waals surface area contributed by atoms with Crippen LogP contribution in [0.1, 0.15) is 49.9 Å². The zero-order valence-corrected chi connectivity index (χ0v) is 20.2. The van der Waals surface area contributed by atoms with Crippen LogP contribution >= 0.6 is 24.0 Å². The maximum Gasteiger partial charge on any atom is 0.191 e. The fraction of sp³-hybridized carbons (Fsp3) is 0.545. The van der Waals surface area contributed by atoms with E-state index in [-0.39, 0.29) is 24.0 Å². The highest BCUT2D eigenvalue weighted by Gasteiger charge is 2.17. The van der Waals surface area contributed by atoms with Crippen molar-refractivity contribution < 1.29 is 0 Å². The zero-order valence-electron chi connectivity index (χ0n) is 17.9. The summed E-state index contributed by atoms with van der Waals surface area (Å²) in [7, 11) is 1.95. The first-order valence-electron chi connectivity index (χ1n) is 10.5. The minimum atomic E-state index is 0. The molecule has 2 N–H and O–H groups in total. The summed E-state index contributed by atoms with van der Waals surface area (Å²) in [4.78, 5) is 7.32. The van der Waals surface area contributed by atoms with Gasteiger partial charge in [0.15, 0.2) is 5.96 Å². The van der Waals surface area contributed by atoms with Crippen molar-refractivity contribution in [1.29, 1.82) is 0 Å². The van der Waals surface area contributed by atoms with E-state index in [0.29, 0.717) is 19.1 Å². The maximum atomic E-state index is 4.72. The molecule has 1 aromatic heterocycles. The van der Waals surface area contributed by atoms with Crippen LogP contribution in [0, 0.1) is 0 Å². The Morgan fingerprint density at radius 3 is 2.55 bits per heavy atom. The summed E-state index contributed by atoms with van der Waals surface area (Å²) in [5, 5.41) is 10.9. The fourth-order valence-electron chi connectivity index (χ4n) is 3.64. The molecule has 1 aliphatic heterocycles. The smallest absolute Gasteiger partial charge is 0.191 e. The van der Waals surface area contributed by atoms with Crippen LogP contribution in [0.5, 0.6) is 0 Å². The Hall–Kier alpha value is -1.61. The van der Waals surface area contributed by atoms with Crippen molar-refractivity contribution in [2.75, 3.05) is 13.1 Å². The number of aliphatic imine (C=N–C) groups is 1. The van der Waals surface area contributed by atoms with Gasteiger partial charge >= 0.3 is 0 Å². The van der Waals surface area contributed by atoms with Crippen LogP contribution in [0.15, 0.2) is 41.5 Å². The molecule has 0 aliphatic carbocycles. The summed E-state index contributed by atoms with van der Waals surface area (Å²) in [6.45, 7) is 8.92. The van der Waals surface area contributed by atoms with Crippen LogP contribution < -0.4 is 10.6 Å². The first kappa shape index (κ1) is 23.7. The number of nitrogens with one attached hydrogen (secondary N) is 2. The molecule has 1 unspecified atom stereocenters. The van der Waals surface area contributed by atoms with Crippen molar-refractivity contribution in [2.45, 2.75) is 58.8 Å². The molecule has 29 heavy (non-hydrogen) atoms. The van der Waals surface area contributed by atoms with Gasteiger partial charge in [-0.15, -0.1) is 24.0 Å². The molecule has 0 spiro atoms. The average Bonchev–Trinajstić information content (AvgIpc) is 3.12. The third-order valence-electron chi connectivity index (χ3n) is 5.47.